The number of pyridine rings is 4. The van der Waals surface area contributed by atoms with Crippen molar-refractivity contribution < 1.29 is 78.4 Å². The van der Waals surface area contributed by atoms with Crippen LogP contribution in [0.2, 0.25) is 0 Å². The second-order valence-electron chi connectivity index (χ2n) is 25.3. The number of rotatable bonds is 12. The maximum atomic E-state index is 10.7. The summed E-state index contributed by atoms with van der Waals surface area (Å²) in [5, 5.41) is 20.5. The van der Waals surface area contributed by atoms with E-state index in [-0.39, 0.29) is 0 Å². The summed E-state index contributed by atoms with van der Waals surface area (Å²) in [6.45, 7) is 9.06. The summed E-state index contributed by atoms with van der Waals surface area (Å²) < 4.78 is 173. The van der Waals surface area contributed by atoms with E-state index >= 15 is 0 Å². The Balaban J connectivity index is 0.000000163. The van der Waals surface area contributed by atoms with Crippen molar-refractivity contribution in [2.24, 2.45) is 0 Å². The van der Waals surface area contributed by atoms with Gasteiger partial charge in [0, 0.05) is 145 Å². The zero-order chi connectivity index (χ0) is 71.6. The summed E-state index contributed by atoms with van der Waals surface area (Å²) in [7, 11) is -17.5. The summed E-state index contributed by atoms with van der Waals surface area (Å²) >= 11 is 0. The van der Waals surface area contributed by atoms with Gasteiger partial charge in [-0.15, -0.1) is 0 Å². The third-order valence-corrected chi connectivity index (χ3v) is 20.1. The smallest absolute Gasteiger partial charge is 0.371 e. The molecule has 33 heteroatoms. The Kier molecular flexibility index (Phi) is 23.8. The standard InChI is InChI=1S/2C32H38N6.3CHF3O3S/c2*1-3-13-25-23(11-1)29(37-17-7-8-18-37)21-31(33-25)35-27-15-5-6-16-28(27)36-32-22-30(38-19-9-10-20-38)24-12-2-4-14-26(24)34-32;3*2-1(3,4)8(5,6)7/h2*1-4,11-14,21-22,27-28H,5-10,15-20H2,(H,33,35)(H,34,36);3*(H,5,6,7)/t2*27-,28-;;;/m11.../s1. The van der Waals surface area contributed by atoms with Gasteiger partial charge in [0.05, 0.1) is 22.1 Å². The molecule has 4 aliphatic heterocycles. The van der Waals surface area contributed by atoms with Gasteiger partial charge in [-0.05, 0) is 101 Å². The van der Waals surface area contributed by atoms with Gasteiger partial charge in [0.2, 0.25) is 0 Å². The number of benzene rings is 4. The third-order valence-electron chi connectivity index (χ3n) is 18.3. The van der Waals surface area contributed by atoms with Gasteiger partial charge in [-0.2, -0.15) is 64.8 Å². The maximum absolute atomic E-state index is 10.7. The number of alkyl halides is 9. The molecule has 8 aromatic rings. The minimum Gasteiger partial charge on any atom is -0.371 e. The molecule has 0 amide bonds. The Bertz CT molecular complexity index is 3930. The van der Waals surface area contributed by atoms with Crippen molar-refractivity contribution in [3.63, 3.8) is 0 Å². The van der Waals surface area contributed by atoms with E-state index < -0.39 is 46.9 Å². The van der Waals surface area contributed by atoms with Crippen LogP contribution in [0.4, 0.5) is 85.5 Å². The van der Waals surface area contributed by atoms with E-state index in [1.165, 1.54) is 121 Å². The molecule has 0 spiro atoms. The molecule has 0 bridgehead atoms. The first kappa shape index (κ1) is 74.7. The van der Waals surface area contributed by atoms with Crippen molar-refractivity contribution in [2.45, 2.75) is 143 Å². The van der Waals surface area contributed by atoms with Crippen LogP contribution in [-0.2, 0) is 30.4 Å². The number of halogens is 9. The van der Waals surface area contributed by atoms with Crippen LogP contribution in [0.5, 0.6) is 0 Å². The molecule has 4 aromatic heterocycles. The van der Waals surface area contributed by atoms with Gasteiger partial charge in [0.25, 0.3) is 0 Å². The summed E-state index contributed by atoms with van der Waals surface area (Å²) in [5.41, 5.74) is -7.02. The molecule has 542 valence electrons. The van der Waals surface area contributed by atoms with Crippen LogP contribution < -0.4 is 40.9 Å². The van der Waals surface area contributed by atoms with E-state index in [4.69, 9.17) is 58.8 Å². The zero-order valence-electron chi connectivity index (χ0n) is 54.3. The lowest BCUT2D eigenvalue weighted by Crippen LogP contribution is -2.42. The number of nitrogens with zero attached hydrogens (tertiary/aromatic N) is 8. The number of hydrogen-bond donors (Lipinski definition) is 7. The van der Waals surface area contributed by atoms with Crippen LogP contribution in [0.3, 0.4) is 0 Å². The molecule has 2 saturated carbocycles. The van der Waals surface area contributed by atoms with Crippen molar-refractivity contribution in [1.82, 2.24) is 19.9 Å². The van der Waals surface area contributed by atoms with Crippen molar-refractivity contribution in [3.8, 4) is 0 Å². The number of para-hydroxylation sites is 4. The van der Waals surface area contributed by atoms with Crippen LogP contribution in [0, 0.1) is 0 Å². The summed E-state index contributed by atoms with van der Waals surface area (Å²) in [6, 6.07) is 44.8. The van der Waals surface area contributed by atoms with Crippen molar-refractivity contribution in [3.05, 3.63) is 121 Å². The lowest BCUT2D eigenvalue weighted by molar-refractivity contribution is -0.0514. The van der Waals surface area contributed by atoms with Gasteiger partial charge >= 0.3 is 46.9 Å². The zero-order valence-corrected chi connectivity index (χ0v) is 56.8. The fourth-order valence-electron chi connectivity index (χ4n) is 13.5. The van der Waals surface area contributed by atoms with E-state index in [0.29, 0.717) is 24.2 Å². The van der Waals surface area contributed by atoms with Gasteiger partial charge in [0.1, 0.15) is 23.3 Å². The molecule has 100 heavy (non-hydrogen) atoms. The fourth-order valence-corrected chi connectivity index (χ4v) is 13.5. The summed E-state index contributed by atoms with van der Waals surface area (Å²) in [6.07, 6.45) is 19.7. The Hall–Kier alpha value is -7.98. The Morgan fingerprint density at radius 1 is 0.310 bits per heavy atom. The topological polar surface area (TPSA) is 276 Å². The fraction of sp³-hybridized carbons (Fsp3) is 0.463. The third kappa shape index (κ3) is 19.1. The lowest BCUT2D eigenvalue weighted by Gasteiger charge is -2.34. The van der Waals surface area contributed by atoms with Crippen LogP contribution >= 0.6 is 0 Å². The molecular formula is C67H79F9N12O9S3. The summed E-state index contributed by atoms with van der Waals surface area (Å²) in [5.74, 6) is 3.98. The highest BCUT2D eigenvalue weighted by molar-refractivity contribution is 7.87. The monoisotopic (exact) mass is 1460 g/mol. The second-order valence-corrected chi connectivity index (χ2v) is 29.5. The van der Waals surface area contributed by atoms with E-state index in [0.717, 1.165) is 123 Å². The summed E-state index contributed by atoms with van der Waals surface area (Å²) in [4.78, 5) is 30.4. The number of aromatic nitrogens is 4. The molecule has 21 nitrogen and oxygen atoms in total. The Morgan fingerprint density at radius 2 is 0.480 bits per heavy atom. The highest BCUT2D eigenvalue weighted by atomic mass is 32.2. The van der Waals surface area contributed by atoms with Gasteiger partial charge in [-0.1, -0.05) is 98.5 Å². The quantitative estimate of drug-likeness (QED) is 0.0340. The number of anilines is 8. The number of fused-ring (bicyclic) bond motifs is 4. The SMILES string of the molecule is O=S(=O)(O)C(F)(F)F.O=S(=O)(O)C(F)(F)F.O=S(=O)(O)C(F)(F)F.c1ccc2c(N3CCCC3)cc(N[C@@H]3CCCC[C@H]3Nc3cc(N4CCCC4)c4ccccc4n3)nc2c1.c1ccc2c(N3CCCC3)cc(N[C@@H]3CCCC[C@H]3Nc3cc(N4CCCC4)c4ccccc4n3)nc2c1. The van der Waals surface area contributed by atoms with Crippen LogP contribution in [-0.4, -0.2) is 152 Å². The largest absolute Gasteiger partial charge is 0.522 e. The molecule has 0 unspecified atom stereocenters. The van der Waals surface area contributed by atoms with Gasteiger partial charge < -0.3 is 40.9 Å². The molecule has 14 rings (SSSR count). The minimum atomic E-state index is -5.84. The average molecular weight is 1460 g/mol. The number of hydrogen-bond acceptors (Lipinski definition) is 18. The van der Waals surface area contributed by atoms with E-state index in [1.54, 1.807) is 0 Å². The van der Waals surface area contributed by atoms with Gasteiger partial charge in [-0.3, -0.25) is 13.7 Å². The predicted molar refractivity (Wildman–Crippen MR) is 372 cm³/mol. The molecule has 6 fully saturated rings. The maximum Gasteiger partial charge on any atom is 0.522 e. The van der Waals surface area contributed by atoms with E-state index in [1.807, 2.05) is 0 Å². The average Bonchev–Trinajstić information content (AvgIpc) is 1.14. The van der Waals surface area contributed by atoms with E-state index in [2.05, 4.69) is 162 Å². The number of nitrogens with one attached hydrogen (secondary N) is 4. The Morgan fingerprint density at radius 3 is 0.650 bits per heavy atom. The molecular weight excluding hydrogens is 1380 g/mol. The normalized spacial score (nSPS) is 20.0. The second kappa shape index (κ2) is 31.9. The minimum absolute atomic E-state index is 0.312. The molecule has 8 heterocycles. The van der Waals surface area contributed by atoms with Crippen LogP contribution in [0.25, 0.3) is 43.6 Å². The molecule has 0 radical (unpaired) electrons. The highest BCUT2D eigenvalue weighted by Gasteiger charge is 2.46. The Labute approximate surface area is 573 Å². The highest BCUT2D eigenvalue weighted by Crippen LogP contribution is 2.38. The van der Waals surface area contributed by atoms with Crippen molar-refractivity contribution >= 4 is 120 Å². The molecule has 6 aliphatic rings. The first-order valence-electron chi connectivity index (χ1n) is 33.1. The lowest BCUT2D eigenvalue weighted by atomic mass is 9.90. The molecule has 4 saturated heterocycles. The molecule has 4 atom stereocenters. The van der Waals surface area contributed by atoms with Crippen molar-refractivity contribution in [1.29, 1.82) is 0 Å². The van der Waals surface area contributed by atoms with Crippen molar-refractivity contribution in [2.75, 3.05) is 93.2 Å². The molecule has 7 N–H and O–H groups in total. The van der Waals surface area contributed by atoms with Gasteiger partial charge in [0.15, 0.2) is 0 Å². The van der Waals surface area contributed by atoms with E-state index in [9.17, 15) is 39.5 Å². The molecule has 4 aromatic carbocycles. The molecule has 2 aliphatic carbocycles. The van der Waals surface area contributed by atoms with Gasteiger partial charge in [-0.25, -0.2) is 19.9 Å². The first-order valence-corrected chi connectivity index (χ1v) is 37.5. The first-order chi connectivity index (χ1) is 47.4. The van der Waals surface area contributed by atoms with Crippen LogP contribution in [0.15, 0.2) is 121 Å². The van der Waals surface area contributed by atoms with Crippen LogP contribution in [0.1, 0.15) is 103 Å². The predicted octanol–water partition coefficient (Wildman–Crippen LogP) is 14.8.